The predicted molar refractivity (Wildman–Crippen MR) is 143 cm³/mol. The fourth-order valence-corrected chi connectivity index (χ4v) is 3.62. The zero-order chi connectivity index (χ0) is 26.8. The number of aryl methyl sites for hydroxylation is 3. The lowest BCUT2D eigenvalue weighted by molar-refractivity contribution is -0.136. The summed E-state index contributed by atoms with van der Waals surface area (Å²) in [4.78, 5) is 36.6. The van der Waals surface area contributed by atoms with Crippen molar-refractivity contribution in [3.05, 3.63) is 82.9 Å². The third kappa shape index (κ3) is 7.93. The zero-order valence-electron chi connectivity index (χ0n) is 21.3. The number of para-hydroxylation sites is 1. The molecule has 192 valence electrons. The van der Waals surface area contributed by atoms with Gasteiger partial charge in [-0.1, -0.05) is 31.2 Å². The van der Waals surface area contributed by atoms with Gasteiger partial charge in [0.05, 0.1) is 13.3 Å². The highest BCUT2D eigenvalue weighted by Crippen LogP contribution is 2.27. The molecule has 0 saturated carbocycles. The molecule has 0 aromatic heterocycles. The Morgan fingerprint density at radius 2 is 1.62 bits per heavy atom. The quantitative estimate of drug-likeness (QED) is 0.232. The monoisotopic (exact) mass is 502 g/mol. The maximum Gasteiger partial charge on any atom is 0.329 e. The van der Waals surface area contributed by atoms with Gasteiger partial charge < -0.3 is 20.1 Å². The highest BCUT2D eigenvalue weighted by atomic mass is 16.5. The number of rotatable bonds is 9. The number of amides is 3. The van der Waals surface area contributed by atoms with Crippen molar-refractivity contribution in [3.63, 3.8) is 0 Å². The first-order valence-corrected chi connectivity index (χ1v) is 11.7. The molecule has 37 heavy (non-hydrogen) atoms. The minimum atomic E-state index is -0.899. The molecule has 0 heterocycles. The lowest BCUT2D eigenvalue weighted by Crippen LogP contribution is -2.32. The number of nitrogens with zero attached hydrogens (tertiary/aromatic N) is 1. The van der Waals surface area contributed by atoms with E-state index in [1.807, 2.05) is 51.1 Å². The summed E-state index contributed by atoms with van der Waals surface area (Å²) in [5, 5.41) is 9.24. The van der Waals surface area contributed by atoms with Crippen LogP contribution in [0.1, 0.15) is 29.2 Å². The summed E-state index contributed by atoms with van der Waals surface area (Å²) in [6.07, 6.45) is 2.08. The van der Waals surface area contributed by atoms with Crippen molar-refractivity contribution >= 4 is 35.3 Å². The van der Waals surface area contributed by atoms with Gasteiger partial charge in [0.2, 0.25) is 0 Å². The number of anilines is 2. The van der Waals surface area contributed by atoms with Crippen LogP contribution in [-0.4, -0.2) is 37.7 Å². The van der Waals surface area contributed by atoms with E-state index >= 15 is 0 Å². The minimum Gasteiger partial charge on any atom is -0.493 e. The van der Waals surface area contributed by atoms with Crippen molar-refractivity contribution in [2.75, 3.05) is 24.4 Å². The van der Waals surface area contributed by atoms with E-state index < -0.39 is 11.8 Å². The number of carbonyl (C=O) groups is 3. The van der Waals surface area contributed by atoms with Crippen LogP contribution >= 0.6 is 0 Å². The molecular formula is C28H30N4O5. The first-order valence-electron chi connectivity index (χ1n) is 11.7. The molecule has 3 N–H and O–H groups in total. The Morgan fingerprint density at radius 1 is 0.892 bits per heavy atom. The average molecular weight is 503 g/mol. The molecule has 9 nitrogen and oxygen atoms in total. The van der Waals surface area contributed by atoms with Crippen molar-refractivity contribution in [1.82, 2.24) is 5.43 Å². The second kappa shape index (κ2) is 12.9. The van der Waals surface area contributed by atoms with Crippen molar-refractivity contribution in [2.24, 2.45) is 5.10 Å². The van der Waals surface area contributed by atoms with Crippen molar-refractivity contribution in [2.45, 2.75) is 27.2 Å². The molecule has 3 rings (SSSR count). The lowest BCUT2D eigenvalue weighted by atomic mass is 10.1. The van der Waals surface area contributed by atoms with E-state index in [1.165, 1.54) is 13.3 Å². The van der Waals surface area contributed by atoms with Crippen molar-refractivity contribution in [3.8, 4) is 11.5 Å². The summed E-state index contributed by atoms with van der Waals surface area (Å²) in [5.74, 6) is -1.28. The number of hydrazone groups is 1. The van der Waals surface area contributed by atoms with Gasteiger partial charge in [0.25, 0.3) is 5.91 Å². The molecule has 0 unspecified atom stereocenters. The third-order valence-electron chi connectivity index (χ3n) is 5.28. The summed E-state index contributed by atoms with van der Waals surface area (Å²) >= 11 is 0. The molecule has 3 aromatic rings. The smallest absolute Gasteiger partial charge is 0.329 e. The molecule has 0 atom stereocenters. The molecule has 0 saturated heterocycles. The van der Waals surface area contributed by atoms with Crippen molar-refractivity contribution < 1.29 is 23.9 Å². The van der Waals surface area contributed by atoms with Gasteiger partial charge in [0.15, 0.2) is 18.1 Å². The summed E-state index contributed by atoms with van der Waals surface area (Å²) in [6.45, 7) is 5.67. The van der Waals surface area contributed by atoms with Crippen LogP contribution in [0.3, 0.4) is 0 Å². The topological polar surface area (TPSA) is 118 Å². The summed E-state index contributed by atoms with van der Waals surface area (Å²) in [7, 11) is 1.47. The number of benzene rings is 3. The Balaban J connectivity index is 1.54. The Labute approximate surface area is 215 Å². The minimum absolute atomic E-state index is 0.205. The molecular weight excluding hydrogens is 472 g/mol. The Morgan fingerprint density at radius 3 is 2.32 bits per heavy atom. The standard InChI is InChI=1S/C28H30N4O5/c1-5-21-8-6-7-9-23(21)31-27(34)28(35)32-29-16-20-10-11-24(25(15-20)36-4)37-17-26(33)30-22-13-18(2)12-19(3)14-22/h6-16H,5,17H2,1-4H3,(H,30,33)(H,31,34)(H,32,35)/b29-16-. The Hall–Kier alpha value is -4.66. The molecule has 0 aliphatic heterocycles. The van der Waals surface area contributed by atoms with Crippen LogP contribution < -0.4 is 25.5 Å². The summed E-state index contributed by atoms with van der Waals surface area (Å²) < 4.78 is 11.0. The van der Waals surface area contributed by atoms with Gasteiger partial charge in [0, 0.05) is 11.4 Å². The number of ether oxygens (including phenoxy) is 2. The van der Waals surface area contributed by atoms with Crippen LogP contribution in [0.5, 0.6) is 11.5 Å². The van der Waals surface area contributed by atoms with Crippen LogP contribution in [0.15, 0.2) is 65.8 Å². The van der Waals surface area contributed by atoms with E-state index in [1.54, 1.807) is 30.3 Å². The summed E-state index contributed by atoms with van der Waals surface area (Å²) in [6, 6.07) is 18.0. The molecule has 0 spiro atoms. The number of nitrogens with one attached hydrogen (secondary N) is 3. The highest BCUT2D eigenvalue weighted by Gasteiger charge is 2.14. The van der Waals surface area contributed by atoms with Crippen LogP contribution in [0.2, 0.25) is 0 Å². The second-order valence-corrected chi connectivity index (χ2v) is 8.29. The number of hydrogen-bond donors (Lipinski definition) is 3. The van der Waals surface area contributed by atoms with Gasteiger partial charge in [-0.2, -0.15) is 5.10 Å². The number of hydrogen-bond acceptors (Lipinski definition) is 6. The van der Waals surface area contributed by atoms with E-state index in [9.17, 15) is 14.4 Å². The van der Waals surface area contributed by atoms with E-state index in [4.69, 9.17) is 9.47 Å². The first kappa shape index (κ1) is 26.9. The molecule has 3 aromatic carbocycles. The second-order valence-electron chi connectivity index (χ2n) is 8.29. The van der Waals surface area contributed by atoms with E-state index in [0.29, 0.717) is 28.4 Å². The van der Waals surface area contributed by atoms with E-state index in [-0.39, 0.29) is 12.5 Å². The van der Waals surface area contributed by atoms with Gasteiger partial charge in [0.1, 0.15) is 0 Å². The maximum atomic E-state index is 12.3. The van der Waals surface area contributed by atoms with Gasteiger partial charge >= 0.3 is 11.8 Å². The molecule has 0 aliphatic rings. The molecule has 9 heteroatoms. The largest absolute Gasteiger partial charge is 0.493 e. The molecule has 0 bridgehead atoms. The number of methoxy groups -OCH3 is 1. The van der Waals surface area contributed by atoms with Crippen LogP contribution in [0.25, 0.3) is 0 Å². The fraction of sp³-hybridized carbons (Fsp3) is 0.214. The van der Waals surface area contributed by atoms with Crippen LogP contribution in [0.4, 0.5) is 11.4 Å². The number of carbonyl (C=O) groups excluding carboxylic acids is 3. The first-order chi connectivity index (χ1) is 17.8. The van der Waals surface area contributed by atoms with Gasteiger partial charge in [-0.05, 0) is 78.9 Å². The Bertz CT molecular complexity index is 1300. The molecule has 3 amide bonds. The Kier molecular flexibility index (Phi) is 9.37. The molecule has 0 aliphatic carbocycles. The van der Waals surface area contributed by atoms with Crippen LogP contribution in [-0.2, 0) is 20.8 Å². The van der Waals surface area contributed by atoms with Gasteiger partial charge in [-0.25, -0.2) is 5.43 Å². The third-order valence-corrected chi connectivity index (χ3v) is 5.28. The maximum absolute atomic E-state index is 12.3. The lowest BCUT2D eigenvalue weighted by Gasteiger charge is -2.12. The van der Waals surface area contributed by atoms with Crippen molar-refractivity contribution in [1.29, 1.82) is 0 Å². The van der Waals surface area contributed by atoms with Gasteiger partial charge in [-0.15, -0.1) is 0 Å². The molecule has 0 radical (unpaired) electrons. The SMILES string of the molecule is CCc1ccccc1NC(=O)C(=O)N/N=C\c1ccc(OCC(=O)Nc2cc(C)cc(C)c2)c(OC)c1. The van der Waals surface area contributed by atoms with E-state index in [0.717, 1.165) is 23.1 Å². The van der Waals surface area contributed by atoms with Crippen LogP contribution in [0, 0.1) is 13.8 Å². The highest BCUT2D eigenvalue weighted by molar-refractivity contribution is 6.39. The predicted octanol–water partition coefficient (Wildman–Crippen LogP) is 3.98. The normalized spacial score (nSPS) is 10.6. The van der Waals surface area contributed by atoms with E-state index in [2.05, 4.69) is 21.2 Å². The fourth-order valence-electron chi connectivity index (χ4n) is 3.62. The zero-order valence-corrected chi connectivity index (χ0v) is 21.3. The summed E-state index contributed by atoms with van der Waals surface area (Å²) in [5.41, 5.74) is 7.09. The average Bonchev–Trinajstić information content (AvgIpc) is 2.87. The van der Waals surface area contributed by atoms with Gasteiger partial charge in [-0.3, -0.25) is 14.4 Å². The molecule has 0 fully saturated rings.